The first-order valence-corrected chi connectivity index (χ1v) is 13.4. The van der Waals surface area contributed by atoms with E-state index in [-0.39, 0.29) is 42.7 Å². The van der Waals surface area contributed by atoms with Crippen molar-refractivity contribution in [2.24, 2.45) is 17.6 Å². The highest BCUT2D eigenvalue weighted by Crippen LogP contribution is 2.52. The predicted molar refractivity (Wildman–Crippen MR) is 131 cm³/mol. The molecule has 0 spiro atoms. The number of aliphatic hydroxyl groups excluding tert-OH is 2. The van der Waals surface area contributed by atoms with Gasteiger partial charge in [0, 0.05) is 18.0 Å². The fraction of sp³-hybridized carbons (Fsp3) is 0.458. The SMILES string of the molecule is CN(C)[C@@H]1C(=O)C(C(N)=O)=C(O)[C@@]2(O)C(=O)C3=C(O)c4c(O)ccc(CCNS(C)(=O)=O)c4CC3C[C@@H]12. The van der Waals surface area contributed by atoms with Gasteiger partial charge in [0.1, 0.15) is 22.8 Å². The maximum atomic E-state index is 13.8. The summed E-state index contributed by atoms with van der Waals surface area (Å²) < 4.78 is 25.3. The summed E-state index contributed by atoms with van der Waals surface area (Å²) in [6.07, 6.45) is 1.37. The Morgan fingerprint density at radius 3 is 2.43 bits per heavy atom. The number of aromatic hydroxyl groups is 1. The number of nitrogens with one attached hydrogen (secondary N) is 1. The van der Waals surface area contributed by atoms with E-state index in [1.807, 2.05) is 0 Å². The number of hydrogen-bond donors (Lipinski definition) is 6. The lowest BCUT2D eigenvalue weighted by Crippen LogP contribution is -2.65. The second-order valence-corrected chi connectivity index (χ2v) is 11.8. The van der Waals surface area contributed by atoms with Crippen LogP contribution in [-0.4, -0.2) is 89.8 Å². The van der Waals surface area contributed by atoms with Crippen LogP contribution in [0, 0.1) is 11.8 Å². The van der Waals surface area contributed by atoms with Gasteiger partial charge in [-0.1, -0.05) is 6.07 Å². The molecule has 37 heavy (non-hydrogen) atoms. The lowest BCUT2D eigenvalue weighted by Gasteiger charge is -2.50. The van der Waals surface area contributed by atoms with Crippen LogP contribution in [0.5, 0.6) is 5.75 Å². The molecule has 13 heteroatoms. The number of rotatable bonds is 6. The number of carbonyl (C=O) groups excluding carboxylic acids is 3. The molecule has 0 radical (unpaired) electrons. The van der Waals surface area contributed by atoms with Crippen LogP contribution in [0.2, 0.25) is 0 Å². The third kappa shape index (κ3) is 4.11. The van der Waals surface area contributed by atoms with E-state index in [1.165, 1.54) is 25.1 Å². The molecule has 12 nitrogen and oxygen atoms in total. The number of Topliss-reactive ketones (excluding diaryl/α,β-unsaturated/α-hetero) is 2. The number of carbonyl (C=O) groups is 3. The van der Waals surface area contributed by atoms with Gasteiger partial charge in [0.2, 0.25) is 15.8 Å². The van der Waals surface area contributed by atoms with Crippen molar-refractivity contribution in [2.45, 2.75) is 30.9 Å². The number of benzene rings is 1. The van der Waals surface area contributed by atoms with E-state index in [2.05, 4.69) is 4.72 Å². The second-order valence-electron chi connectivity index (χ2n) is 9.98. The largest absolute Gasteiger partial charge is 0.508 e. The van der Waals surface area contributed by atoms with Crippen LogP contribution in [-0.2, 0) is 37.2 Å². The summed E-state index contributed by atoms with van der Waals surface area (Å²) in [7, 11) is -0.392. The van der Waals surface area contributed by atoms with Crippen LogP contribution in [0.4, 0.5) is 0 Å². The number of nitrogens with two attached hydrogens (primary N) is 1. The Labute approximate surface area is 213 Å². The molecule has 0 aliphatic heterocycles. The maximum absolute atomic E-state index is 13.8. The molecular weight excluding hydrogens is 506 g/mol. The summed E-state index contributed by atoms with van der Waals surface area (Å²) in [6.45, 7) is 0.0606. The van der Waals surface area contributed by atoms with Crippen molar-refractivity contribution < 1.29 is 43.2 Å². The summed E-state index contributed by atoms with van der Waals surface area (Å²) >= 11 is 0. The number of hydrogen-bond acceptors (Lipinski definition) is 10. The van der Waals surface area contributed by atoms with E-state index in [4.69, 9.17) is 5.73 Å². The molecule has 3 aliphatic rings. The van der Waals surface area contributed by atoms with E-state index in [1.54, 1.807) is 6.07 Å². The van der Waals surface area contributed by atoms with Crippen LogP contribution < -0.4 is 10.5 Å². The molecule has 1 saturated carbocycles. The Hall–Kier alpha value is -3.26. The number of phenols is 1. The van der Waals surface area contributed by atoms with Gasteiger partial charge in [-0.2, -0.15) is 0 Å². The molecule has 4 atom stereocenters. The molecule has 7 N–H and O–H groups in total. The minimum Gasteiger partial charge on any atom is -0.508 e. The smallest absolute Gasteiger partial charge is 0.255 e. The number of phenolic OH excluding ortho intramolecular Hbond substituents is 1. The summed E-state index contributed by atoms with van der Waals surface area (Å²) in [5, 5.41) is 44.1. The van der Waals surface area contributed by atoms with Crippen molar-refractivity contribution in [3.05, 3.63) is 45.7 Å². The van der Waals surface area contributed by atoms with Crippen molar-refractivity contribution >= 4 is 33.3 Å². The van der Waals surface area contributed by atoms with Crippen molar-refractivity contribution in [1.29, 1.82) is 0 Å². The molecule has 1 aromatic carbocycles. The first-order chi connectivity index (χ1) is 17.1. The summed E-state index contributed by atoms with van der Waals surface area (Å²) in [5.41, 5.74) is 2.59. The van der Waals surface area contributed by atoms with Crippen molar-refractivity contribution in [3.63, 3.8) is 0 Å². The molecule has 1 unspecified atom stereocenters. The fourth-order valence-corrected chi connectivity index (χ4v) is 6.39. The van der Waals surface area contributed by atoms with Crippen LogP contribution in [0.1, 0.15) is 23.1 Å². The summed E-state index contributed by atoms with van der Waals surface area (Å²) in [6, 6.07) is 1.73. The molecular formula is C24H29N3O9S. The number of fused-ring (bicyclic) bond motifs is 3. The quantitative estimate of drug-likeness (QED) is 0.246. The third-order valence-corrected chi connectivity index (χ3v) is 8.19. The number of primary amides is 1. The van der Waals surface area contributed by atoms with Gasteiger partial charge in [-0.05, 0) is 56.5 Å². The first-order valence-electron chi connectivity index (χ1n) is 11.5. The lowest BCUT2D eigenvalue weighted by molar-refractivity contribution is -0.153. The first kappa shape index (κ1) is 26.8. The predicted octanol–water partition coefficient (Wildman–Crippen LogP) is -0.944. The van der Waals surface area contributed by atoms with Gasteiger partial charge in [0.05, 0.1) is 17.9 Å². The summed E-state index contributed by atoms with van der Waals surface area (Å²) in [4.78, 5) is 40.3. The van der Waals surface area contributed by atoms with Gasteiger partial charge < -0.3 is 26.2 Å². The monoisotopic (exact) mass is 535 g/mol. The molecule has 0 saturated heterocycles. The zero-order chi connectivity index (χ0) is 27.6. The second kappa shape index (κ2) is 8.94. The number of nitrogens with zero attached hydrogens (tertiary/aromatic N) is 1. The zero-order valence-corrected chi connectivity index (χ0v) is 21.3. The van der Waals surface area contributed by atoms with E-state index >= 15 is 0 Å². The van der Waals surface area contributed by atoms with Crippen LogP contribution >= 0.6 is 0 Å². The topological polar surface area (TPSA) is 208 Å². The molecule has 0 heterocycles. The maximum Gasteiger partial charge on any atom is 0.255 e. The van der Waals surface area contributed by atoms with Gasteiger partial charge in [0.15, 0.2) is 11.4 Å². The van der Waals surface area contributed by atoms with Gasteiger partial charge in [0.25, 0.3) is 5.91 Å². The minimum absolute atomic E-state index is 0.0253. The average Bonchev–Trinajstić information content (AvgIpc) is 2.76. The fourth-order valence-electron chi connectivity index (χ4n) is 5.91. The van der Waals surface area contributed by atoms with Crippen LogP contribution in [0.25, 0.3) is 5.76 Å². The average molecular weight is 536 g/mol. The highest BCUT2D eigenvalue weighted by molar-refractivity contribution is 7.88. The molecule has 1 aromatic rings. The minimum atomic E-state index is -3.44. The van der Waals surface area contributed by atoms with Crippen LogP contribution in [0.3, 0.4) is 0 Å². The van der Waals surface area contributed by atoms with E-state index in [0.717, 1.165) is 6.26 Å². The molecule has 200 valence electrons. The molecule has 0 bridgehead atoms. The Bertz CT molecular complexity index is 1400. The van der Waals surface area contributed by atoms with E-state index in [9.17, 15) is 43.2 Å². The zero-order valence-electron chi connectivity index (χ0n) is 20.5. The molecule has 3 aliphatic carbocycles. The number of amides is 1. The van der Waals surface area contributed by atoms with E-state index in [0.29, 0.717) is 11.1 Å². The van der Waals surface area contributed by atoms with E-state index < -0.39 is 68.1 Å². The summed E-state index contributed by atoms with van der Waals surface area (Å²) in [5.74, 6) is -7.14. The van der Waals surface area contributed by atoms with Crippen molar-refractivity contribution in [1.82, 2.24) is 9.62 Å². The third-order valence-electron chi connectivity index (χ3n) is 7.46. The molecule has 1 amide bonds. The number of aliphatic hydroxyl groups is 3. The highest BCUT2D eigenvalue weighted by atomic mass is 32.2. The standard InChI is InChI=1S/C24H29N3O9S/c1-27(2)18-13-9-11-8-12-10(6-7-26-37(3,35)36)4-5-14(28)16(12)19(29)15(11)21(31)24(13,34)22(32)17(20(18)30)23(25)33/h4-5,11,13,18,26,28-29,32,34H,6-9H2,1-3H3,(H2,25,33)/t11?,13-,18-,24-/m0/s1. The molecule has 4 rings (SSSR count). The Balaban J connectivity index is 1.87. The Kier molecular flexibility index (Phi) is 6.47. The van der Waals surface area contributed by atoms with Gasteiger partial charge in [-0.3, -0.25) is 19.3 Å². The van der Waals surface area contributed by atoms with Gasteiger partial charge in [-0.15, -0.1) is 0 Å². The van der Waals surface area contributed by atoms with Gasteiger partial charge >= 0.3 is 0 Å². The Morgan fingerprint density at radius 2 is 1.86 bits per heavy atom. The number of likely N-dealkylation sites (N-methyl/N-ethyl adjacent to an activating group) is 1. The van der Waals surface area contributed by atoms with Crippen LogP contribution in [0.15, 0.2) is 29.0 Å². The van der Waals surface area contributed by atoms with Crippen molar-refractivity contribution in [3.8, 4) is 5.75 Å². The number of ketones is 2. The molecule has 1 fully saturated rings. The Morgan fingerprint density at radius 1 is 1.22 bits per heavy atom. The highest BCUT2D eigenvalue weighted by Gasteiger charge is 2.64. The molecule has 0 aromatic heterocycles. The van der Waals surface area contributed by atoms with Gasteiger partial charge in [-0.25, -0.2) is 13.1 Å². The normalized spacial score (nSPS) is 27.8. The number of sulfonamides is 1. The lowest BCUT2D eigenvalue weighted by atomic mass is 9.57. The van der Waals surface area contributed by atoms with Crippen molar-refractivity contribution in [2.75, 3.05) is 26.9 Å².